The Morgan fingerprint density at radius 2 is 1.77 bits per heavy atom. The summed E-state index contributed by atoms with van der Waals surface area (Å²) in [6.45, 7) is 1.16. The molecule has 0 unspecified atom stereocenters. The van der Waals surface area contributed by atoms with Gasteiger partial charge in [-0.2, -0.15) is 5.10 Å². The molecule has 1 amide bonds. The van der Waals surface area contributed by atoms with Gasteiger partial charge in [-0.3, -0.25) is 9.10 Å². The summed E-state index contributed by atoms with van der Waals surface area (Å²) in [6, 6.07) is 9.51. The Labute approximate surface area is 185 Å². The van der Waals surface area contributed by atoms with Gasteiger partial charge in [0.15, 0.2) is 11.5 Å². The largest absolute Gasteiger partial charge is 0.493 e. The lowest BCUT2D eigenvalue weighted by atomic mass is 10.1. The lowest BCUT2D eigenvalue weighted by Gasteiger charge is -2.22. The van der Waals surface area contributed by atoms with Gasteiger partial charge in [0, 0.05) is 10.6 Å². The molecule has 0 radical (unpaired) electrons. The number of hydrazone groups is 1. The minimum absolute atomic E-state index is 0.0995. The molecule has 8 nitrogen and oxygen atoms in total. The summed E-state index contributed by atoms with van der Waals surface area (Å²) in [5.41, 5.74) is 3.62. The maximum Gasteiger partial charge on any atom is 0.260 e. The maximum atomic E-state index is 12.4. The van der Waals surface area contributed by atoms with Crippen LogP contribution in [0.5, 0.6) is 11.5 Å². The van der Waals surface area contributed by atoms with E-state index in [2.05, 4.69) is 10.5 Å². The molecule has 0 aliphatic heterocycles. The number of sulfonamides is 1. The van der Waals surface area contributed by atoms with Crippen LogP contribution in [0.25, 0.3) is 0 Å². The van der Waals surface area contributed by atoms with Crippen molar-refractivity contribution in [3.8, 4) is 11.5 Å². The van der Waals surface area contributed by atoms with Gasteiger partial charge in [-0.1, -0.05) is 23.2 Å². The van der Waals surface area contributed by atoms with Gasteiger partial charge in [0.2, 0.25) is 10.0 Å². The zero-order valence-electron chi connectivity index (χ0n) is 16.8. The van der Waals surface area contributed by atoms with Crippen LogP contribution in [0.1, 0.15) is 12.5 Å². The number of rotatable bonds is 8. The Morgan fingerprint density at radius 3 is 2.37 bits per heavy atom. The van der Waals surface area contributed by atoms with Gasteiger partial charge in [0.05, 0.1) is 36.9 Å². The fourth-order valence-electron chi connectivity index (χ4n) is 2.50. The average molecular weight is 474 g/mol. The molecule has 0 spiro atoms. The molecule has 2 aromatic rings. The molecule has 11 heteroatoms. The predicted molar refractivity (Wildman–Crippen MR) is 119 cm³/mol. The molecule has 0 heterocycles. The van der Waals surface area contributed by atoms with Crippen molar-refractivity contribution in [2.75, 3.05) is 31.3 Å². The van der Waals surface area contributed by atoms with Crippen LogP contribution < -0.4 is 19.2 Å². The molecule has 1 N–H and O–H groups in total. The number of amides is 1. The smallest absolute Gasteiger partial charge is 0.260 e. The number of benzene rings is 2. The molecule has 0 aromatic heterocycles. The van der Waals surface area contributed by atoms with E-state index in [1.807, 2.05) is 0 Å². The summed E-state index contributed by atoms with van der Waals surface area (Å²) in [6.07, 6.45) is 0.968. The molecule has 0 saturated carbocycles. The molecule has 30 heavy (non-hydrogen) atoms. The number of anilines is 1. The molecule has 0 fully saturated rings. The highest BCUT2D eigenvalue weighted by Crippen LogP contribution is 2.30. The summed E-state index contributed by atoms with van der Waals surface area (Å²) in [4.78, 5) is 12.4. The van der Waals surface area contributed by atoms with Gasteiger partial charge in [0.25, 0.3) is 5.91 Å². The number of carbonyl (C=O) groups excluding carboxylic acids is 1. The number of carbonyl (C=O) groups is 1. The van der Waals surface area contributed by atoms with Crippen LogP contribution in [0.15, 0.2) is 41.5 Å². The number of methoxy groups -OCH3 is 2. The average Bonchev–Trinajstić information content (AvgIpc) is 2.70. The number of ether oxygens (including phenoxy) is 2. The first kappa shape index (κ1) is 23.8. The standard InChI is InChI=1S/C19H21Cl2N3O5S/c1-12(13-5-8-17(28-2)18(9-13)29-3)22-23-19(25)11-24(30(4,26)27)16-10-14(20)6-7-15(16)21/h5-10H,11H2,1-4H3,(H,23,25)/b22-12-. The van der Waals surface area contributed by atoms with Crippen molar-refractivity contribution in [2.45, 2.75) is 6.92 Å². The molecule has 0 saturated heterocycles. The summed E-state index contributed by atoms with van der Waals surface area (Å²) >= 11 is 12.0. The second kappa shape index (κ2) is 10.0. The predicted octanol–water partition coefficient (Wildman–Crippen LogP) is 3.32. The molecular weight excluding hydrogens is 453 g/mol. The molecule has 0 aliphatic carbocycles. The Bertz CT molecular complexity index is 1070. The van der Waals surface area contributed by atoms with Crippen molar-refractivity contribution >= 4 is 50.5 Å². The highest BCUT2D eigenvalue weighted by Gasteiger charge is 2.23. The molecule has 0 aliphatic rings. The molecule has 0 atom stereocenters. The SMILES string of the molecule is COc1ccc(/C(C)=N\NC(=O)CN(c2cc(Cl)ccc2Cl)S(C)(=O)=O)cc1OC. The van der Waals surface area contributed by atoms with Gasteiger partial charge >= 0.3 is 0 Å². The summed E-state index contributed by atoms with van der Waals surface area (Å²) in [5, 5.41) is 4.46. The van der Waals surface area contributed by atoms with E-state index in [1.165, 1.54) is 32.4 Å². The third-order valence-corrected chi connectivity index (χ3v) is 5.70. The van der Waals surface area contributed by atoms with Crippen molar-refractivity contribution in [2.24, 2.45) is 5.10 Å². The van der Waals surface area contributed by atoms with E-state index in [-0.39, 0.29) is 15.7 Å². The molecule has 2 aromatic carbocycles. The van der Waals surface area contributed by atoms with E-state index in [0.29, 0.717) is 22.8 Å². The van der Waals surface area contributed by atoms with Gasteiger partial charge < -0.3 is 9.47 Å². The van der Waals surface area contributed by atoms with Crippen LogP contribution >= 0.6 is 23.2 Å². The van der Waals surface area contributed by atoms with E-state index in [0.717, 1.165) is 10.6 Å². The lowest BCUT2D eigenvalue weighted by Crippen LogP contribution is -2.39. The Hall–Kier alpha value is -2.49. The second-order valence-electron chi connectivity index (χ2n) is 6.17. The van der Waals surface area contributed by atoms with Crippen LogP contribution in [0.2, 0.25) is 10.0 Å². The van der Waals surface area contributed by atoms with Crippen molar-refractivity contribution in [3.05, 3.63) is 52.0 Å². The van der Waals surface area contributed by atoms with Gasteiger partial charge in [-0.05, 0) is 43.3 Å². The van der Waals surface area contributed by atoms with Crippen molar-refractivity contribution < 1.29 is 22.7 Å². The Kier molecular flexibility index (Phi) is 7.94. The zero-order chi connectivity index (χ0) is 22.5. The highest BCUT2D eigenvalue weighted by atomic mass is 35.5. The molecular formula is C19H21Cl2N3O5S. The van der Waals surface area contributed by atoms with E-state index >= 15 is 0 Å². The summed E-state index contributed by atoms with van der Waals surface area (Å²) in [7, 11) is -0.772. The van der Waals surface area contributed by atoms with Gasteiger partial charge in [-0.15, -0.1) is 0 Å². The quantitative estimate of drug-likeness (QED) is 0.468. The van der Waals surface area contributed by atoms with Crippen LogP contribution in [-0.2, 0) is 14.8 Å². The molecule has 162 valence electrons. The number of halogens is 2. The first-order valence-electron chi connectivity index (χ1n) is 8.55. The van der Waals surface area contributed by atoms with Crippen LogP contribution in [0.4, 0.5) is 5.69 Å². The highest BCUT2D eigenvalue weighted by molar-refractivity contribution is 7.92. The zero-order valence-corrected chi connectivity index (χ0v) is 19.1. The van der Waals surface area contributed by atoms with E-state index in [1.54, 1.807) is 25.1 Å². The minimum Gasteiger partial charge on any atom is -0.493 e. The summed E-state index contributed by atoms with van der Waals surface area (Å²) < 4.78 is 35.7. The fraction of sp³-hybridized carbons (Fsp3) is 0.263. The minimum atomic E-state index is -3.81. The number of nitrogens with zero attached hydrogens (tertiary/aromatic N) is 2. The second-order valence-corrected chi connectivity index (χ2v) is 8.92. The fourth-order valence-corrected chi connectivity index (χ4v) is 3.79. The van der Waals surface area contributed by atoms with E-state index < -0.39 is 22.5 Å². The number of nitrogens with one attached hydrogen (secondary N) is 1. The number of hydrogen-bond acceptors (Lipinski definition) is 6. The van der Waals surface area contributed by atoms with E-state index in [9.17, 15) is 13.2 Å². The normalized spacial score (nSPS) is 11.7. The van der Waals surface area contributed by atoms with Gasteiger partial charge in [-0.25, -0.2) is 13.8 Å². The maximum absolute atomic E-state index is 12.4. The number of hydrogen-bond donors (Lipinski definition) is 1. The summed E-state index contributed by atoms with van der Waals surface area (Å²) in [5.74, 6) is 0.409. The van der Waals surface area contributed by atoms with Crippen LogP contribution in [0.3, 0.4) is 0 Å². The third kappa shape index (κ3) is 6.01. The van der Waals surface area contributed by atoms with Crippen LogP contribution in [-0.4, -0.2) is 47.1 Å². The van der Waals surface area contributed by atoms with Crippen molar-refractivity contribution in [3.63, 3.8) is 0 Å². The third-order valence-electron chi connectivity index (χ3n) is 4.01. The van der Waals surface area contributed by atoms with Crippen molar-refractivity contribution in [1.29, 1.82) is 0 Å². The first-order valence-corrected chi connectivity index (χ1v) is 11.2. The van der Waals surface area contributed by atoms with Crippen molar-refractivity contribution in [1.82, 2.24) is 5.43 Å². The van der Waals surface area contributed by atoms with E-state index in [4.69, 9.17) is 32.7 Å². The lowest BCUT2D eigenvalue weighted by molar-refractivity contribution is -0.119. The first-order chi connectivity index (χ1) is 14.1. The molecule has 2 rings (SSSR count). The van der Waals surface area contributed by atoms with Crippen LogP contribution in [0, 0.1) is 0 Å². The Balaban J connectivity index is 2.20. The molecule has 0 bridgehead atoms. The van der Waals surface area contributed by atoms with Gasteiger partial charge in [0.1, 0.15) is 6.54 Å². The monoisotopic (exact) mass is 473 g/mol. The topological polar surface area (TPSA) is 97.3 Å². The Morgan fingerprint density at radius 1 is 1.10 bits per heavy atom.